The summed E-state index contributed by atoms with van der Waals surface area (Å²) < 4.78 is 28.3. The van der Waals surface area contributed by atoms with Crippen molar-refractivity contribution in [2.75, 3.05) is 19.3 Å². The number of carbonyl (C=O) groups is 1. The number of likely N-dealkylation sites (tertiary alicyclic amines) is 1. The second kappa shape index (κ2) is 7.16. The molecule has 1 aliphatic heterocycles. The first-order valence-corrected chi connectivity index (χ1v) is 10.3. The molecule has 3 rings (SSSR count). The van der Waals surface area contributed by atoms with Gasteiger partial charge < -0.3 is 15.2 Å². The third kappa shape index (κ3) is 3.78. The van der Waals surface area contributed by atoms with Gasteiger partial charge in [-0.15, -0.1) is 0 Å². The van der Waals surface area contributed by atoms with Gasteiger partial charge in [0.25, 0.3) is 0 Å². The van der Waals surface area contributed by atoms with Crippen LogP contribution in [-0.4, -0.2) is 54.8 Å². The van der Waals surface area contributed by atoms with E-state index in [1.165, 1.54) is 12.1 Å². The summed E-state index contributed by atoms with van der Waals surface area (Å²) in [6, 6.07) is 5.48. The van der Waals surface area contributed by atoms with Crippen LogP contribution in [0.1, 0.15) is 31.6 Å². The van der Waals surface area contributed by atoms with Gasteiger partial charge in [0.15, 0.2) is 9.84 Å². The first kappa shape index (κ1) is 18.5. The molecule has 2 N–H and O–H groups in total. The van der Waals surface area contributed by atoms with Crippen molar-refractivity contribution in [2.45, 2.75) is 36.6 Å². The molecule has 1 amide bonds. The Morgan fingerprint density at radius 2 is 1.85 bits per heavy atom. The summed E-state index contributed by atoms with van der Waals surface area (Å²) in [5.41, 5.74) is 6.73. The molecule has 1 aromatic carbocycles. The van der Waals surface area contributed by atoms with Crippen LogP contribution in [0, 0.1) is 0 Å². The molecule has 0 radical (unpaired) electrons. The van der Waals surface area contributed by atoms with E-state index in [-0.39, 0.29) is 16.7 Å². The summed E-state index contributed by atoms with van der Waals surface area (Å²) >= 11 is 0. The fourth-order valence-corrected chi connectivity index (χ4v) is 3.53. The second-order valence-corrected chi connectivity index (χ2v) is 8.62. The monoisotopic (exact) mass is 378 g/mol. The van der Waals surface area contributed by atoms with Crippen LogP contribution >= 0.6 is 0 Å². The van der Waals surface area contributed by atoms with Crippen LogP contribution in [0.5, 0.6) is 0 Å². The lowest BCUT2D eigenvalue weighted by atomic mass is 10.0. The minimum absolute atomic E-state index is 0.104. The van der Waals surface area contributed by atoms with E-state index < -0.39 is 21.8 Å². The van der Waals surface area contributed by atoms with Crippen molar-refractivity contribution >= 4 is 15.7 Å². The van der Waals surface area contributed by atoms with Crippen LogP contribution in [-0.2, 0) is 14.6 Å². The summed E-state index contributed by atoms with van der Waals surface area (Å²) in [5.74, 6) is 0.0897. The lowest BCUT2D eigenvalue weighted by Crippen LogP contribution is -2.45. The maximum Gasteiger partial charge on any atom is 0.240 e. The fourth-order valence-electron chi connectivity index (χ4n) is 2.90. The number of amides is 1. The lowest BCUT2D eigenvalue weighted by Gasteiger charge is -2.22. The zero-order valence-electron chi connectivity index (χ0n) is 14.8. The van der Waals surface area contributed by atoms with Crippen molar-refractivity contribution in [3.63, 3.8) is 0 Å². The molecular weight excluding hydrogens is 356 g/mol. The molecule has 2 heterocycles. The van der Waals surface area contributed by atoms with Crippen molar-refractivity contribution in [1.82, 2.24) is 15.0 Å². The van der Waals surface area contributed by atoms with E-state index in [1.807, 2.05) is 0 Å². The minimum Gasteiger partial charge on any atom is -0.341 e. The van der Waals surface area contributed by atoms with E-state index in [0.717, 1.165) is 32.2 Å². The van der Waals surface area contributed by atoms with Gasteiger partial charge in [0, 0.05) is 24.9 Å². The Morgan fingerprint density at radius 3 is 2.42 bits per heavy atom. The quantitative estimate of drug-likeness (QED) is 0.830. The number of hydrogen-bond donors (Lipinski definition) is 1. The van der Waals surface area contributed by atoms with Crippen molar-refractivity contribution < 1.29 is 17.7 Å². The van der Waals surface area contributed by atoms with E-state index in [4.69, 9.17) is 10.3 Å². The third-order valence-corrected chi connectivity index (χ3v) is 5.74. The van der Waals surface area contributed by atoms with Crippen LogP contribution < -0.4 is 5.73 Å². The predicted octanol–water partition coefficient (Wildman–Crippen LogP) is 1.19. The highest BCUT2D eigenvalue weighted by Crippen LogP contribution is 2.24. The van der Waals surface area contributed by atoms with Crippen LogP contribution in [0.2, 0.25) is 0 Å². The van der Waals surface area contributed by atoms with Gasteiger partial charge in [-0.05, 0) is 37.1 Å². The van der Waals surface area contributed by atoms with Crippen LogP contribution in [0.4, 0.5) is 0 Å². The van der Waals surface area contributed by atoms with Gasteiger partial charge in [0.1, 0.15) is 0 Å². The number of nitrogens with zero attached hydrogens (tertiary/aromatic N) is 3. The largest absolute Gasteiger partial charge is 0.341 e. The Labute approximate surface area is 152 Å². The second-order valence-electron chi connectivity index (χ2n) is 6.60. The van der Waals surface area contributed by atoms with E-state index in [9.17, 15) is 13.2 Å². The Kier molecular flexibility index (Phi) is 5.10. The highest BCUT2D eigenvalue weighted by Gasteiger charge is 2.31. The van der Waals surface area contributed by atoms with Crippen LogP contribution in [0.25, 0.3) is 11.4 Å². The lowest BCUT2D eigenvalue weighted by molar-refractivity contribution is -0.132. The average Bonchev–Trinajstić information content (AvgIpc) is 3.31. The summed E-state index contributed by atoms with van der Waals surface area (Å²) in [4.78, 5) is 18.7. The normalized spacial score (nSPS) is 17.3. The predicted molar refractivity (Wildman–Crippen MR) is 95.0 cm³/mol. The Hall–Kier alpha value is -2.26. The standard InChI is InChI=1S/C17H22N4O4S/c1-11(14(18)17(22)21-9-3-4-10-21)16-19-15(20-25-16)12-5-7-13(8-6-12)26(2,23)24/h5-8,11,14H,3-4,9-10,18H2,1-2H3/t11-,14-/m0/s1. The molecule has 0 unspecified atom stereocenters. The number of hydrogen-bond acceptors (Lipinski definition) is 7. The molecule has 0 saturated carbocycles. The zero-order valence-corrected chi connectivity index (χ0v) is 15.6. The fraction of sp³-hybridized carbons (Fsp3) is 0.471. The molecule has 1 saturated heterocycles. The SMILES string of the molecule is C[C@H](c1nc(-c2ccc(S(C)(=O)=O)cc2)no1)[C@H](N)C(=O)N1CCCC1. The molecule has 0 aliphatic carbocycles. The molecular formula is C17H22N4O4S. The first-order chi connectivity index (χ1) is 12.3. The highest BCUT2D eigenvalue weighted by molar-refractivity contribution is 7.90. The molecule has 0 bridgehead atoms. The molecule has 1 aliphatic rings. The Balaban J connectivity index is 1.75. The molecule has 1 aromatic heterocycles. The molecule has 140 valence electrons. The van der Waals surface area contributed by atoms with Gasteiger partial charge in [-0.1, -0.05) is 12.1 Å². The van der Waals surface area contributed by atoms with Crippen molar-refractivity contribution in [3.8, 4) is 11.4 Å². The molecule has 0 spiro atoms. The van der Waals surface area contributed by atoms with Gasteiger partial charge in [-0.2, -0.15) is 4.98 Å². The van der Waals surface area contributed by atoms with E-state index in [1.54, 1.807) is 24.0 Å². The van der Waals surface area contributed by atoms with Crippen molar-refractivity contribution in [1.29, 1.82) is 0 Å². The molecule has 2 atom stereocenters. The summed E-state index contributed by atoms with van der Waals surface area (Å²) in [5, 5.41) is 3.92. The maximum atomic E-state index is 12.4. The molecule has 2 aromatic rings. The van der Waals surface area contributed by atoms with Crippen LogP contribution in [0.3, 0.4) is 0 Å². The number of benzene rings is 1. The first-order valence-electron chi connectivity index (χ1n) is 8.46. The highest BCUT2D eigenvalue weighted by atomic mass is 32.2. The van der Waals surface area contributed by atoms with E-state index in [2.05, 4.69) is 10.1 Å². The minimum atomic E-state index is -3.26. The zero-order chi connectivity index (χ0) is 18.9. The number of nitrogens with two attached hydrogens (primary N) is 1. The smallest absolute Gasteiger partial charge is 0.240 e. The molecule has 8 nitrogen and oxygen atoms in total. The number of sulfone groups is 1. The maximum absolute atomic E-state index is 12.4. The third-order valence-electron chi connectivity index (χ3n) is 4.61. The van der Waals surface area contributed by atoms with Crippen molar-refractivity contribution in [2.24, 2.45) is 5.73 Å². The van der Waals surface area contributed by atoms with Gasteiger partial charge >= 0.3 is 0 Å². The number of carbonyl (C=O) groups excluding carboxylic acids is 1. The Morgan fingerprint density at radius 1 is 1.23 bits per heavy atom. The average molecular weight is 378 g/mol. The van der Waals surface area contributed by atoms with Gasteiger partial charge in [-0.25, -0.2) is 8.42 Å². The molecule has 1 fully saturated rings. The molecule has 9 heteroatoms. The Bertz CT molecular complexity index is 886. The summed E-state index contributed by atoms with van der Waals surface area (Å²) in [6.45, 7) is 3.25. The van der Waals surface area contributed by atoms with E-state index >= 15 is 0 Å². The van der Waals surface area contributed by atoms with Crippen molar-refractivity contribution in [3.05, 3.63) is 30.2 Å². The van der Waals surface area contributed by atoms with Gasteiger partial charge in [0.2, 0.25) is 17.6 Å². The summed E-state index contributed by atoms with van der Waals surface area (Å²) in [6.07, 6.45) is 3.15. The van der Waals surface area contributed by atoms with Gasteiger partial charge in [0.05, 0.1) is 16.9 Å². The van der Waals surface area contributed by atoms with E-state index in [0.29, 0.717) is 11.4 Å². The van der Waals surface area contributed by atoms with Crippen LogP contribution in [0.15, 0.2) is 33.7 Å². The topological polar surface area (TPSA) is 119 Å². The summed E-state index contributed by atoms with van der Waals surface area (Å²) in [7, 11) is -3.26. The number of rotatable bonds is 5. The number of aromatic nitrogens is 2. The van der Waals surface area contributed by atoms with Gasteiger partial charge in [-0.3, -0.25) is 4.79 Å². The molecule has 26 heavy (non-hydrogen) atoms.